The summed E-state index contributed by atoms with van der Waals surface area (Å²) in [5.74, 6) is 0.757. The van der Waals surface area contributed by atoms with Crippen LogP contribution < -0.4 is 14.2 Å². The molecule has 1 unspecified atom stereocenters. The van der Waals surface area contributed by atoms with Crippen molar-refractivity contribution >= 4 is 10.2 Å². The zero-order valence-corrected chi connectivity index (χ0v) is 13.7. The van der Waals surface area contributed by atoms with E-state index in [1.54, 1.807) is 7.11 Å². The van der Waals surface area contributed by atoms with Crippen molar-refractivity contribution in [3.05, 3.63) is 29.8 Å². The molecule has 0 saturated carbocycles. The molecule has 0 bridgehead atoms. The van der Waals surface area contributed by atoms with E-state index in [1.807, 2.05) is 24.3 Å². The summed E-state index contributed by atoms with van der Waals surface area (Å²) < 4.78 is 38.8. The Morgan fingerprint density at radius 2 is 2.09 bits per heavy atom. The summed E-state index contributed by atoms with van der Waals surface area (Å²) in [6.45, 7) is 3.13. The van der Waals surface area contributed by atoms with Gasteiger partial charge >= 0.3 is 0 Å². The molecule has 0 spiro atoms. The van der Waals surface area contributed by atoms with Crippen LogP contribution in [-0.4, -0.2) is 60.3 Å². The Bertz CT molecular complexity index is 573. The average Bonchev–Trinajstić information content (AvgIpc) is 2.56. The van der Waals surface area contributed by atoms with Gasteiger partial charge in [-0.1, -0.05) is 12.1 Å². The van der Waals surface area contributed by atoms with Gasteiger partial charge in [0.1, 0.15) is 5.75 Å². The van der Waals surface area contributed by atoms with E-state index in [2.05, 4.69) is 14.3 Å². The van der Waals surface area contributed by atoms with Crippen LogP contribution in [0.2, 0.25) is 0 Å². The molecular formula is C14H23N3O4S. The van der Waals surface area contributed by atoms with Gasteiger partial charge in [0.05, 0.1) is 20.3 Å². The van der Waals surface area contributed by atoms with Crippen LogP contribution in [0.25, 0.3) is 0 Å². The largest absolute Gasteiger partial charge is 0.497 e. The Morgan fingerprint density at radius 3 is 2.73 bits per heavy atom. The van der Waals surface area contributed by atoms with Gasteiger partial charge < -0.3 is 9.47 Å². The van der Waals surface area contributed by atoms with E-state index in [9.17, 15) is 8.42 Å². The van der Waals surface area contributed by atoms with Crippen molar-refractivity contribution in [3.63, 3.8) is 0 Å². The summed E-state index contributed by atoms with van der Waals surface area (Å²) in [5, 5.41) is 0. The summed E-state index contributed by atoms with van der Waals surface area (Å²) in [4.78, 5) is 2.22. The van der Waals surface area contributed by atoms with Crippen LogP contribution in [0.3, 0.4) is 0 Å². The molecular weight excluding hydrogens is 306 g/mol. The number of benzene rings is 1. The molecule has 1 heterocycles. The van der Waals surface area contributed by atoms with E-state index in [0.717, 1.165) is 24.4 Å². The Balaban J connectivity index is 2.19. The second-order valence-electron chi connectivity index (χ2n) is 5.00. The van der Waals surface area contributed by atoms with E-state index in [1.165, 1.54) is 7.05 Å². The minimum atomic E-state index is -3.47. The van der Waals surface area contributed by atoms with Crippen LogP contribution in [0, 0.1) is 0 Å². The van der Waals surface area contributed by atoms with Crippen molar-refractivity contribution in [1.82, 2.24) is 14.3 Å². The number of hydrogen-bond acceptors (Lipinski definition) is 5. The smallest absolute Gasteiger partial charge is 0.276 e. The second kappa shape index (κ2) is 7.89. The molecule has 1 aliphatic rings. The van der Waals surface area contributed by atoms with Gasteiger partial charge in [0.15, 0.2) is 0 Å². The predicted molar refractivity (Wildman–Crippen MR) is 84.1 cm³/mol. The lowest BCUT2D eigenvalue weighted by atomic mass is 10.0. The van der Waals surface area contributed by atoms with Gasteiger partial charge in [0, 0.05) is 32.7 Å². The average molecular weight is 329 g/mol. The molecule has 0 amide bonds. The third kappa shape index (κ3) is 4.65. The minimum Gasteiger partial charge on any atom is -0.497 e. The molecule has 8 heteroatoms. The van der Waals surface area contributed by atoms with Crippen LogP contribution in [0.4, 0.5) is 0 Å². The molecule has 0 radical (unpaired) electrons. The maximum absolute atomic E-state index is 11.7. The third-order valence-electron chi connectivity index (χ3n) is 3.70. The molecule has 1 fully saturated rings. The van der Waals surface area contributed by atoms with Crippen LogP contribution in [0.15, 0.2) is 24.3 Å². The van der Waals surface area contributed by atoms with Crippen LogP contribution in [0.1, 0.15) is 11.6 Å². The monoisotopic (exact) mass is 329 g/mol. The van der Waals surface area contributed by atoms with E-state index in [0.29, 0.717) is 13.2 Å². The highest BCUT2D eigenvalue weighted by Gasteiger charge is 2.24. The van der Waals surface area contributed by atoms with E-state index in [-0.39, 0.29) is 12.6 Å². The number of hydrogen-bond donors (Lipinski definition) is 2. The zero-order valence-electron chi connectivity index (χ0n) is 12.9. The normalized spacial score (nSPS) is 18.1. The van der Waals surface area contributed by atoms with Gasteiger partial charge in [-0.15, -0.1) is 0 Å². The highest BCUT2D eigenvalue weighted by molar-refractivity contribution is 7.87. The number of ether oxygens (including phenoxy) is 2. The van der Waals surface area contributed by atoms with Crippen molar-refractivity contribution in [2.24, 2.45) is 0 Å². The molecule has 0 aliphatic carbocycles. The SMILES string of the molecule is CNS(=O)(=O)NCC(c1cccc(OC)c1)N1CCOCC1. The fourth-order valence-corrected chi connectivity index (χ4v) is 2.98. The second-order valence-corrected chi connectivity index (χ2v) is 6.70. The Labute approximate surface area is 131 Å². The number of nitrogens with one attached hydrogen (secondary N) is 2. The summed E-state index contributed by atoms with van der Waals surface area (Å²) >= 11 is 0. The Hall–Kier alpha value is -1.19. The lowest BCUT2D eigenvalue weighted by molar-refractivity contribution is 0.0171. The van der Waals surface area contributed by atoms with Crippen molar-refractivity contribution in [2.45, 2.75) is 6.04 Å². The molecule has 1 atom stereocenters. The van der Waals surface area contributed by atoms with Gasteiger partial charge in [-0.05, 0) is 17.7 Å². The highest BCUT2D eigenvalue weighted by atomic mass is 32.2. The first-order valence-electron chi connectivity index (χ1n) is 7.19. The maximum Gasteiger partial charge on any atom is 0.276 e. The standard InChI is InChI=1S/C14H23N3O4S/c1-15-22(18,19)16-11-14(17-6-8-21-9-7-17)12-4-3-5-13(10-12)20-2/h3-5,10,14-16H,6-9,11H2,1-2H3. The predicted octanol–water partition coefficient (Wildman–Crippen LogP) is 0.122. The summed E-state index contributed by atoms with van der Waals surface area (Å²) in [6.07, 6.45) is 0. The van der Waals surface area contributed by atoms with Crippen LogP contribution in [0.5, 0.6) is 5.75 Å². The van der Waals surface area contributed by atoms with Gasteiger partial charge in [0.25, 0.3) is 10.2 Å². The molecule has 0 aromatic heterocycles. The van der Waals surface area contributed by atoms with Gasteiger partial charge in [-0.25, -0.2) is 9.44 Å². The zero-order chi connectivity index (χ0) is 16.0. The first kappa shape index (κ1) is 17.2. The van der Waals surface area contributed by atoms with Crippen molar-refractivity contribution < 1.29 is 17.9 Å². The van der Waals surface area contributed by atoms with Gasteiger partial charge in [-0.2, -0.15) is 8.42 Å². The van der Waals surface area contributed by atoms with Crippen molar-refractivity contribution in [1.29, 1.82) is 0 Å². The summed E-state index contributed by atoms with van der Waals surface area (Å²) in [5.41, 5.74) is 1.01. The Morgan fingerprint density at radius 1 is 1.36 bits per heavy atom. The van der Waals surface area contributed by atoms with Crippen LogP contribution in [-0.2, 0) is 14.9 Å². The van der Waals surface area contributed by atoms with Gasteiger partial charge in [-0.3, -0.25) is 4.90 Å². The molecule has 124 valence electrons. The molecule has 1 aliphatic heterocycles. The van der Waals surface area contributed by atoms with Crippen molar-refractivity contribution in [3.8, 4) is 5.75 Å². The van der Waals surface area contributed by atoms with E-state index in [4.69, 9.17) is 9.47 Å². The van der Waals surface area contributed by atoms with E-state index < -0.39 is 10.2 Å². The summed E-state index contributed by atoms with van der Waals surface area (Å²) in [6, 6.07) is 7.64. The molecule has 2 rings (SSSR count). The molecule has 1 saturated heterocycles. The quantitative estimate of drug-likeness (QED) is 0.743. The lowest BCUT2D eigenvalue weighted by Gasteiger charge is -2.35. The van der Waals surface area contributed by atoms with Crippen molar-refractivity contribution in [2.75, 3.05) is 47.0 Å². The highest BCUT2D eigenvalue weighted by Crippen LogP contribution is 2.24. The maximum atomic E-state index is 11.7. The Kier molecular flexibility index (Phi) is 6.16. The molecule has 7 nitrogen and oxygen atoms in total. The molecule has 1 aromatic rings. The summed E-state index contributed by atoms with van der Waals surface area (Å²) in [7, 11) is -0.462. The molecule has 22 heavy (non-hydrogen) atoms. The first-order chi connectivity index (χ1) is 10.6. The molecule has 2 N–H and O–H groups in total. The first-order valence-corrected chi connectivity index (χ1v) is 8.68. The molecule has 1 aromatic carbocycles. The third-order valence-corrected chi connectivity index (χ3v) is 4.78. The fraction of sp³-hybridized carbons (Fsp3) is 0.571. The topological polar surface area (TPSA) is 79.9 Å². The van der Waals surface area contributed by atoms with Gasteiger partial charge in [0.2, 0.25) is 0 Å². The number of nitrogens with zero attached hydrogens (tertiary/aromatic N) is 1. The number of methoxy groups -OCH3 is 1. The number of rotatable bonds is 7. The number of morpholine rings is 1. The van der Waals surface area contributed by atoms with E-state index >= 15 is 0 Å². The van der Waals surface area contributed by atoms with Crippen LogP contribution >= 0.6 is 0 Å². The minimum absolute atomic E-state index is 0.0675. The lowest BCUT2D eigenvalue weighted by Crippen LogP contribution is -2.45. The fourth-order valence-electron chi connectivity index (χ4n) is 2.46.